The number of nitrogens with zero attached hydrogens (tertiary/aromatic N) is 2. The van der Waals surface area contributed by atoms with E-state index in [1.54, 1.807) is 49.6 Å². The molecule has 2 aromatic heterocycles. The summed E-state index contributed by atoms with van der Waals surface area (Å²) in [6.07, 6.45) is 4.93. The summed E-state index contributed by atoms with van der Waals surface area (Å²) in [6, 6.07) is 12.2. The number of carbonyl (C=O) groups excluding carboxylic acids is 1. The topological polar surface area (TPSA) is 87.3 Å². The van der Waals surface area contributed by atoms with Gasteiger partial charge in [0.05, 0.1) is 23.1 Å². The number of benzene rings is 1. The van der Waals surface area contributed by atoms with Crippen LogP contribution in [0.15, 0.2) is 61.1 Å². The molecule has 1 aromatic carbocycles. The van der Waals surface area contributed by atoms with Crippen molar-refractivity contribution in [1.29, 1.82) is 0 Å². The van der Waals surface area contributed by atoms with Gasteiger partial charge in [-0.3, -0.25) is 9.97 Å². The lowest BCUT2D eigenvalue weighted by molar-refractivity contribution is 0.0733. The van der Waals surface area contributed by atoms with Gasteiger partial charge in [0, 0.05) is 12.4 Å². The molecule has 0 aliphatic heterocycles. The molecule has 0 bridgehead atoms. The Morgan fingerprint density at radius 3 is 2.48 bits per heavy atom. The van der Waals surface area contributed by atoms with Crippen molar-refractivity contribution in [2.24, 2.45) is 0 Å². The summed E-state index contributed by atoms with van der Waals surface area (Å²) in [4.78, 5) is 20.2. The van der Waals surface area contributed by atoms with E-state index in [1.807, 2.05) is 12.1 Å². The Morgan fingerprint density at radius 2 is 1.76 bits per heavy atom. The second-order valence-corrected chi connectivity index (χ2v) is 5.41. The van der Waals surface area contributed by atoms with Gasteiger partial charge in [-0.25, -0.2) is 4.79 Å². The highest BCUT2D eigenvalue weighted by molar-refractivity contribution is 5.92. The van der Waals surface area contributed by atoms with Crippen molar-refractivity contribution in [3.63, 3.8) is 0 Å². The van der Waals surface area contributed by atoms with Crippen molar-refractivity contribution in [2.75, 3.05) is 5.73 Å². The van der Waals surface area contributed by atoms with Gasteiger partial charge in [-0.2, -0.15) is 0 Å². The van der Waals surface area contributed by atoms with Crippen LogP contribution in [0, 0.1) is 6.92 Å². The summed E-state index contributed by atoms with van der Waals surface area (Å²) in [5.74, 6) is 0.601. The van der Waals surface area contributed by atoms with Crippen molar-refractivity contribution < 1.29 is 14.3 Å². The third-order valence-corrected chi connectivity index (χ3v) is 3.52. The van der Waals surface area contributed by atoms with E-state index >= 15 is 0 Å². The fourth-order valence-electron chi connectivity index (χ4n) is 2.17. The molecule has 0 saturated heterocycles. The molecule has 0 fully saturated rings. The molecule has 3 rings (SSSR count). The van der Waals surface area contributed by atoms with Crippen LogP contribution >= 0.6 is 0 Å². The molecule has 6 heteroatoms. The molecule has 0 radical (unpaired) electrons. The van der Waals surface area contributed by atoms with Crippen LogP contribution in [-0.4, -0.2) is 15.9 Å². The number of pyridine rings is 2. The second-order valence-electron chi connectivity index (χ2n) is 5.41. The van der Waals surface area contributed by atoms with Crippen LogP contribution in [-0.2, 0) is 6.61 Å². The van der Waals surface area contributed by atoms with E-state index in [4.69, 9.17) is 15.2 Å². The first-order chi connectivity index (χ1) is 12.1. The van der Waals surface area contributed by atoms with E-state index in [9.17, 15) is 4.79 Å². The van der Waals surface area contributed by atoms with Gasteiger partial charge in [0.15, 0.2) is 0 Å². The van der Waals surface area contributed by atoms with Gasteiger partial charge in [-0.15, -0.1) is 0 Å². The van der Waals surface area contributed by atoms with Crippen molar-refractivity contribution in [1.82, 2.24) is 9.97 Å². The van der Waals surface area contributed by atoms with Gasteiger partial charge in [0.2, 0.25) is 0 Å². The summed E-state index contributed by atoms with van der Waals surface area (Å²) in [6.45, 7) is 2.17. The van der Waals surface area contributed by atoms with Gasteiger partial charge in [0.1, 0.15) is 18.1 Å². The maximum atomic E-state index is 12.2. The summed E-state index contributed by atoms with van der Waals surface area (Å²) in [5, 5.41) is 0. The monoisotopic (exact) mass is 335 g/mol. The molecule has 0 aliphatic carbocycles. The Bertz CT molecular complexity index is 865. The first-order valence-corrected chi connectivity index (χ1v) is 7.68. The molecule has 0 aliphatic rings. The molecule has 0 spiro atoms. The molecule has 126 valence electrons. The highest BCUT2D eigenvalue weighted by Gasteiger charge is 2.13. The van der Waals surface area contributed by atoms with E-state index in [0.717, 1.165) is 5.56 Å². The third-order valence-electron chi connectivity index (χ3n) is 3.52. The summed E-state index contributed by atoms with van der Waals surface area (Å²) >= 11 is 0. The van der Waals surface area contributed by atoms with Crippen LogP contribution < -0.4 is 15.2 Å². The van der Waals surface area contributed by atoms with Crippen LogP contribution in [0.4, 0.5) is 5.69 Å². The van der Waals surface area contributed by atoms with Gasteiger partial charge in [0.25, 0.3) is 0 Å². The van der Waals surface area contributed by atoms with E-state index in [2.05, 4.69) is 9.97 Å². The predicted octanol–water partition coefficient (Wildman–Crippen LogP) is 3.17. The number of nitrogens with two attached hydrogens (primary N) is 1. The normalized spacial score (nSPS) is 10.3. The fraction of sp³-hybridized carbons (Fsp3) is 0.105. The van der Waals surface area contributed by atoms with E-state index in [1.165, 1.54) is 6.20 Å². The number of nitrogen functional groups attached to an aromatic ring is 1. The molecule has 0 unspecified atom stereocenters. The zero-order valence-corrected chi connectivity index (χ0v) is 13.7. The number of hydrogen-bond acceptors (Lipinski definition) is 6. The molecular weight excluding hydrogens is 318 g/mol. The number of esters is 1. The van der Waals surface area contributed by atoms with Crippen molar-refractivity contribution in [3.8, 4) is 11.5 Å². The average molecular weight is 335 g/mol. The van der Waals surface area contributed by atoms with Crippen LogP contribution in [0.3, 0.4) is 0 Å². The largest absolute Gasteiger partial charge is 0.489 e. The minimum atomic E-state index is -0.497. The Hall–Kier alpha value is -3.41. The number of aryl methyl sites for hydroxylation is 1. The zero-order chi connectivity index (χ0) is 17.6. The lowest BCUT2D eigenvalue weighted by Gasteiger charge is -2.09. The Morgan fingerprint density at radius 1 is 1.08 bits per heavy atom. The zero-order valence-electron chi connectivity index (χ0n) is 13.7. The quantitative estimate of drug-likeness (QED) is 0.569. The molecule has 6 nitrogen and oxygen atoms in total. The van der Waals surface area contributed by atoms with Crippen LogP contribution in [0.5, 0.6) is 11.5 Å². The number of carbonyl (C=O) groups is 1. The van der Waals surface area contributed by atoms with E-state index in [-0.39, 0.29) is 0 Å². The third kappa shape index (κ3) is 4.32. The first-order valence-electron chi connectivity index (χ1n) is 7.68. The van der Waals surface area contributed by atoms with Gasteiger partial charge < -0.3 is 15.2 Å². The fourth-order valence-corrected chi connectivity index (χ4v) is 2.17. The highest BCUT2D eigenvalue weighted by atomic mass is 16.5. The summed E-state index contributed by atoms with van der Waals surface area (Å²) in [5.41, 5.74) is 8.02. The van der Waals surface area contributed by atoms with Gasteiger partial charge in [-0.05, 0) is 55.0 Å². The maximum absolute atomic E-state index is 12.2. The lowest BCUT2D eigenvalue weighted by atomic mass is 10.2. The Labute approximate surface area is 145 Å². The number of anilines is 1. The van der Waals surface area contributed by atoms with Crippen molar-refractivity contribution in [3.05, 3.63) is 77.9 Å². The average Bonchev–Trinajstić information content (AvgIpc) is 2.64. The molecular formula is C19H17N3O3. The van der Waals surface area contributed by atoms with Gasteiger partial charge in [-0.1, -0.05) is 0 Å². The number of hydrogen-bond donors (Lipinski definition) is 1. The smallest absolute Gasteiger partial charge is 0.345 e. The Kier molecular flexibility index (Phi) is 4.89. The molecule has 3 aromatic rings. The SMILES string of the molecule is Cc1ncc(N)cc1C(=O)Oc1ccc(OCc2ccncc2)cc1. The van der Waals surface area contributed by atoms with Gasteiger partial charge >= 0.3 is 5.97 Å². The first kappa shape index (κ1) is 16.4. The van der Waals surface area contributed by atoms with E-state index < -0.39 is 5.97 Å². The van der Waals surface area contributed by atoms with Crippen molar-refractivity contribution in [2.45, 2.75) is 13.5 Å². The Balaban J connectivity index is 1.62. The maximum Gasteiger partial charge on any atom is 0.345 e. The molecule has 25 heavy (non-hydrogen) atoms. The second kappa shape index (κ2) is 7.44. The summed E-state index contributed by atoms with van der Waals surface area (Å²) in [7, 11) is 0. The number of rotatable bonds is 5. The molecule has 0 atom stereocenters. The van der Waals surface area contributed by atoms with Crippen molar-refractivity contribution >= 4 is 11.7 Å². The molecule has 0 amide bonds. The number of aromatic nitrogens is 2. The minimum Gasteiger partial charge on any atom is -0.489 e. The standard InChI is InChI=1S/C19H17N3O3/c1-13-18(10-15(20)11-22-13)19(23)25-17-4-2-16(3-5-17)24-12-14-6-8-21-9-7-14/h2-11H,12,20H2,1H3. The predicted molar refractivity (Wildman–Crippen MR) is 93.4 cm³/mol. The molecule has 2 N–H and O–H groups in total. The van der Waals surface area contributed by atoms with Crippen LogP contribution in [0.25, 0.3) is 0 Å². The molecule has 0 saturated carbocycles. The minimum absolute atomic E-state index is 0.345. The molecule has 2 heterocycles. The highest BCUT2D eigenvalue weighted by Crippen LogP contribution is 2.20. The summed E-state index contributed by atoms with van der Waals surface area (Å²) < 4.78 is 11.0. The van der Waals surface area contributed by atoms with Crippen LogP contribution in [0.2, 0.25) is 0 Å². The van der Waals surface area contributed by atoms with E-state index in [0.29, 0.717) is 35.1 Å². The lowest BCUT2D eigenvalue weighted by Crippen LogP contribution is -2.11. The number of ether oxygens (including phenoxy) is 2. The van der Waals surface area contributed by atoms with Crippen LogP contribution in [0.1, 0.15) is 21.6 Å².